The van der Waals surface area contributed by atoms with Crippen molar-refractivity contribution >= 4 is 15.9 Å². The summed E-state index contributed by atoms with van der Waals surface area (Å²) in [6.07, 6.45) is 3.84. The molecule has 0 bridgehead atoms. The van der Waals surface area contributed by atoms with E-state index < -0.39 is 5.54 Å². The van der Waals surface area contributed by atoms with Crippen molar-refractivity contribution in [2.45, 2.75) is 31.2 Å². The van der Waals surface area contributed by atoms with E-state index in [-0.39, 0.29) is 5.82 Å². The van der Waals surface area contributed by atoms with Gasteiger partial charge in [0.15, 0.2) is 0 Å². The maximum absolute atomic E-state index is 14.1. The van der Waals surface area contributed by atoms with Crippen molar-refractivity contribution in [1.29, 1.82) is 0 Å². The van der Waals surface area contributed by atoms with Crippen LogP contribution in [-0.2, 0) is 5.54 Å². The van der Waals surface area contributed by atoms with Crippen LogP contribution in [0.5, 0.6) is 5.75 Å². The molecule has 1 saturated carbocycles. The molecule has 0 radical (unpaired) electrons. The summed E-state index contributed by atoms with van der Waals surface area (Å²) in [7, 11) is 1.52. The number of methoxy groups -OCH3 is 1. The SMILES string of the molecule is COc1ccc(C2(N)CCCC2)c(F)c1Br. The van der Waals surface area contributed by atoms with E-state index in [0.717, 1.165) is 25.7 Å². The van der Waals surface area contributed by atoms with E-state index in [1.54, 1.807) is 12.1 Å². The first-order chi connectivity index (χ1) is 7.58. The summed E-state index contributed by atoms with van der Waals surface area (Å²) in [6.45, 7) is 0. The van der Waals surface area contributed by atoms with Crippen molar-refractivity contribution in [3.05, 3.63) is 28.0 Å². The second-order valence-electron chi connectivity index (χ2n) is 4.31. The Morgan fingerprint density at radius 2 is 2.00 bits per heavy atom. The highest BCUT2D eigenvalue weighted by Crippen LogP contribution is 2.41. The van der Waals surface area contributed by atoms with Crippen LogP contribution < -0.4 is 10.5 Å². The molecule has 1 aliphatic carbocycles. The van der Waals surface area contributed by atoms with Crippen LogP contribution in [0.15, 0.2) is 16.6 Å². The van der Waals surface area contributed by atoms with Crippen molar-refractivity contribution in [1.82, 2.24) is 0 Å². The quantitative estimate of drug-likeness (QED) is 0.906. The maximum Gasteiger partial charge on any atom is 0.146 e. The van der Waals surface area contributed by atoms with Crippen molar-refractivity contribution in [2.75, 3.05) is 7.11 Å². The molecule has 0 spiro atoms. The van der Waals surface area contributed by atoms with Gasteiger partial charge >= 0.3 is 0 Å². The minimum Gasteiger partial charge on any atom is -0.495 e. The number of hydrogen-bond donors (Lipinski definition) is 1. The van der Waals surface area contributed by atoms with Crippen LogP contribution in [0, 0.1) is 5.82 Å². The van der Waals surface area contributed by atoms with Gasteiger partial charge in [-0.25, -0.2) is 4.39 Å². The van der Waals surface area contributed by atoms with Gasteiger partial charge in [0.25, 0.3) is 0 Å². The number of benzene rings is 1. The average molecular weight is 288 g/mol. The molecule has 4 heteroatoms. The van der Waals surface area contributed by atoms with Gasteiger partial charge < -0.3 is 10.5 Å². The standard InChI is InChI=1S/C12H15BrFNO/c1-16-9-5-4-8(11(14)10(9)13)12(15)6-2-3-7-12/h4-5H,2-3,6-7,15H2,1H3. The lowest BCUT2D eigenvalue weighted by Crippen LogP contribution is -2.34. The third-order valence-corrected chi connectivity index (χ3v) is 4.04. The second-order valence-corrected chi connectivity index (χ2v) is 5.10. The van der Waals surface area contributed by atoms with E-state index in [1.807, 2.05) is 0 Å². The molecule has 88 valence electrons. The summed E-state index contributed by atoms with van der Waals surface area (Å²) in [6, 6.07) is 3.50. The lowest BCUT2D eigenvalue weighted by Gasteiger charge is -2.25. The Balaban J connectivity index is 2.46. The van der Waals surface area contributed by atoms with Gasteiger partial charge in [-0.2, -0.15) is 0 Å². The predicted molar refractivity (Wildman–Crippen MR) is 65.0 cm³/mol. The molecule has 2 N–H and O–H groups in total. The Morgan fingerprint density at radius 3 is 2.56 bits per heavy atom. The number of hydrogen-bond acceptors (Lipinski definition) is 2. The topological polar surface area (TPSA) is 35.2 Å². The summed E-state index contributed by atoms with van der Waals surface area (Å²) in [5, 5.41) is 0. The van der Waals surface area contributed by atoms with Crippen LogP contribution >= 0.6 is 15.9 Å². The zero-order valence-corrected chi connectivity index (χ0v) is 10.8. The van der Waals surface area contributed by atoms with E-state index in [2.05, 4.69) is 15.9 Å². The first-order valence-electron chi connectivity index (χ1n) is 5.40. The molecule has 1 aliphatic rings. The monoisotopic (exact) mass is 287 g/mol. The minimum absolute atomic E-state index is 0.288. The molecule has 0 atom stereocenters. The van der Waals surface area contributed by atoms with Crippen LogP contribution in [0.3, 0.4) is 0 Å². The van der Waals surface area contributed by atoms with Crippen molar-refractivity contribution in [3.8, 4) is 5.75 Å². The normalized spacial score (nSPS) is 18.8. The third-order valence-electron chi connectivity index (χ3n) is 3.30. The van der Waals surface area contributed by atoms with Crippen molar-refractivity contribution in [3.63, 3.8) is 0 Å². The Hall–Kier alpha value is -0.610. The van der Waals surface area contributed by atoms with Crippen LogP contribution in [0.25, 0.3) is 0 Å². The zero-order chi connectivity index (χ0) is 11.8. The van der Waals surface area contributed by atoms with E-state index in [4.69, 9.17) is 10.5 Å². The molecule has 1 aromatic carbocycles. The lowest BCUT2D eigenvalue weighted by molar-refractivity contribution is 0.398. The third kappa shape index (κ3) is 1.84. The van der Waals surface area contributed by atoms with Crippen LogP contribution in [0.1, 0.15) is 31.2 Å². The first kappa shape index (κ1) is 11.9. The van der Waals surface area contributed by atoms with Gasteiger partial charge in [-0.1, -0.05) is 18.9 Å². The number of ether oxygens (including phenoxy) is 1. The van der Waals surface area contributed by atoms with E-state index in [9.17, 15) is 4.39 Å². The number of halogens is 2. The minimum atomic E-state index is -0.501. The molecular weight excluding hydrogens is 273 g/mol. The summed E-state index contributed by atoms with van der Waals surface area (Å²) < 4.78 is 19.6. The van der Waals surface area contributed by atoms with Gasteiger partial charge in [-0.05, 0) is 34.8 Å². The molecule has 16 heavy (non-hydrogen) atoms. The molecule has 1 aromatic rings. The van der Waals surface area contributed by atoms with Gasteiger partial charge in [0.05, 0.1) is 11.6 Å². The molecule has 0 unspecified atom stereocenters. The highest BCUT2D eigenvalue weighted by molar-refractivity contribution is 9.10. The van der Waals surface area contributed by atoms with Crippen molar-refractivity contribution < 1.29 is 9.13 Å². The summed E-state index contributed by atoms with van der Waals surface area (Å²) in [5.41, 5.74) is 6.33. The Labute approximate surface area is 103 Å². The molecule has 2 nitrogen and oxygen atoms in total. The van der Waals surface area contributed by atoms with Gasteiger partial charge in [0.2, 0.25) is 0 Å². The van der Waals surface area contributed by atoms with E-state index >= 15 is 0 Å². The summed E-state index contributed by atoms with van der Waals surface area (Å²) >= 11 is 3.21. The largest absolute Gasteiger partial charge is 0.495 e. The van der Waals surface area contributed by atoms with E-state index in [1.165, 1.54) is 7.11 Å². The molecule has 0 saturated heterocycles. The van der Waals surface area contributed by atoms with Gasteiger partial charge in [-0.3, -0.25) is 0 Å². The van der Waals surface area contributed by atoms with Crippen molar-refractivity contribution in [2.24, 2.45) is 5.73 Å². The summed E-state index contributed by atoms with van der Waals surface area (Å²) in [4.78, 5) is 0. The average Bonchev–Trinajstić information content (AvgIpc) is 2.70. The highest BCUT2D eigenvalue weighted by atomic mass is 79.9. The fraction of sp³-hybridized carbons (Fsp3) is 0.500. The smallest absolute Gasteiger partial charge is 0.146 e. The van der Waals surface area contributed by atoms with Gasteiger partial charge in [-0.15, -0.1) is 0 Å². The van der Waals surface area contributed by atoms with E-state index in [0.29, 0.717) is 15.8 Å². The maximum atomic E-state index is 14.1. The van der Waals surface area contributed by atoms with Crippen LogP contribution in [0.4, 0.5) is 4.39 Å². The Morgan fingerprint density at radius 1 is 1.38 bits per heavy atom. The fourth-order valence-electron chi connectivity index (χ4n) is 2.35. The lowest BCUT2D eigenvalue weighted by atomic mass is 9.89. The molecule has 0 amide bonds. The Kier molecular flexibility index (Phi) is 3.22. The highest BCUT2D eigenvalue weighted by Gasteiger charge is 2.34. The zero-order valence-electron chi connectivity index (χ0n) is 9.22. The molecule has 1 fully saturated rings. The van der Waals surface area contributed by atoms with Crippen LogP contribution in [-0.4, -0.2) is 7.11 Å². The van der Waals surface area contributed by atoms with Crippen LogP contribution in [0.2, 0.25) is 0 Å². The fourth-order valence-corrected chi connectivity index (χ4v) is 2.86. The molecular formula is C12H15BrFNO. The Bertz CT molecular complexity index is 402. The first-order valence-corrected chi connectivity index (χ1v) is 6.19. The van der Waals surface area contributed by atoms with Gasteiger partial charge in [0.1, 0.15) is 11.6 Å². The van der Waals surface area contributed by atoms with Gasteiger partial charge in [0, 0.05) is 11.1 Å². The molecule has 0 heterocycles. The number of nitrogens with two attached hydrogens (primary N) is 1. The molecule has 0 aliphatic heterocycles. The molecule has 0 aromatic heterocycles. The number of rotatable bonds is 2. The predicted octanol–water partition coefficient (Wildman–Crippen LogP) is 3.32. The second kappa shape index (κ2) is 4.34. The summed E-state index contributed by atoms with van der Waals surface area (Å²) in [5.74, 6) is 0.214. The molecule has 2 rings (SSSR count).